The van der Waals surface area contributed by atoms with Crippen molar-refractivity contribution in [1.29, 1.82) is 0 Å². The number of hydrogen-bond acceptors (Lipinski definition) is 6. The number of aromatic amines is 1. The van der Waals surface area contributed by atoms with Crippen LogP contribution in [0, 0.1) is 13.8 Å². The molecule has 0 bridgehead atoms. The average molecular weight is 393 g/mol. The monoisotopic (exact) mass is 393 g/mol. The molecule has 0 fully saturated rings. The van der Waals surface area contributed by atoms with Crippen molar-refractivity contribution in [2.24, 2.45) is 0 Å². The molecule has 0 spiro atoms. The molecule has 2 aromatic carbocycles. The van der Waals surface area contributed by atoms with Crippen LogP contribution in [0.5, 0.6) is 5.75 Å². The minimum absolute atomic E-state index is 0.313. The summed E-state index contributed by atoms with van der Waals surface area (Å²) in [6, 6.07) is 15.2. The first-order chi connectivity index (χ1) is 13.6. The van der Waals surface area contributed by atoms with E-state index in [4.69, 9.17) is 9.15 Å². The van der Waals surface area contributed by atoms with E-state index in [-0.39, 0.29) is 5.63 Å². The van der Waals surface area contributed by atoms with Gasteiger partial charge in [-0.15, -0.1) is 5.10 Å². The Morgan fingerprint density at radius 3 is 2.68 bits per heavy atom. The summed E-state index contributed by atoms with van der Waals surface area (Å²) >= 11 is 1.46. The number of rotatable bonds is 6. The molecule has 28 heavy (non-hydrogen) atoms. The molecule has 0 saturated carbocycles. The molecule has 0 radical (unpaired) electrons. The normalized spacial score (nSPS) is 11.1. The highest BCUT2D eigenvalue weighted by Crippen LogP contribution is 2.25. The zero-order valence-electron chi connectivity index (χ0n) is 15.6. The predicted octanol–water partition coefficient (Wildman–Crippen LogP) is 4.40. The quantitative estimate of drug-likeness (QED) is 0.386. The number of aromatic nitrogens is 3. The maximum absolute atomic E-state index is 11.8. The SMILES string of the molecule is Cc1ccc(OCc2nc(SCc3cc(=O)oc4cc(C)ccc34)n[nH]2)cc1. The fourth-order valence-electron chi connectivity index (χ4n) is 2.79. The molecule has 0 aliphatic rings. The molecular formula is C21H19N3O3S. The van der Waals surface area contributed by atoms with Crippen molar-refractivity contribution in [3.05, 3.63) is 81.5 Å². The molecule has 2 aromatic heterocycles. The largest absolute Gasteiger partial charge is 0.486 e. The van der Waals surface area contributed by atoms with Crippen LogP contribution in [0.25, 0.3) is 11.0 Å². The molecule has 142 valence electrons. The Bertz CT molecular complexity index is 1170. The van der Waals surface area contributed by atoms with Crippen molar-refractivity contribution >= 4 is 22.7 Å². The highest BCUT2D eigenvalue weighted by atomic mass is 32.2. The zero-order valence-corrected chi connectivity index (χ0v) is 16.4. The van der Waals surface area contributed by atoms with Crippen LogP contribution in [0.2, 0.25) is 0 Å². The van der Waals surface area contributed by atoms with Crippen molar-refractivity contribution in [2.75, 3.05) is 0 Å². The minimum Gasteiger partial charge on any atom is -0.486 e. The molecule has 1 N–H and O–H groups in total. The van der Waals surface area contributed by atoms with Gasteiger partial charge in [0.1, 0.15) is 17.9 Å². The van der Waals surface area contributed by atoms with Crippen molar-refractivity contribution < 1.29 is 9.15 Å². The van der Waals surface area contributed by atoms with Crippen molar-refractivity contribution in [2.45, 2.75) is 31.4 Å². The Kier molecular flexibility index (Phi) is 5.16. The Hall–Kier alpha value is -3.06. The number of thioether (sulfide) groups is 1. The zero-order chi connectivity index (χ0) is 19.5. The second-order valence-corrected chi connectivity index (χ2v) is 7.49. The van der Waals surface area contributed by atoms with Crippen LogP contribution in [-0.2, 0) is 12.4 Å². The number of benzene rings is 2. The van der Waals surface area contributed by atoms with E-state index in [9.17, 15) is 4.79 Å². The maximum Gasteiger partial charge on any atom is 0.336 e. The molecule has 0 unspecified atom stereocenters. The minimum atomic E-state index is -0.351. The molecule has 0 aliphatic heterocycles. The Morgan fingerprint density at radius 1 is 1.07 bits per heavy atom. The standard InChI is InChI=1S/C21H19N3O3S/c1-13-3-6-16(7-4-13)26-11-19-22-21(24-23-19)28-12-15-10-20(25)27-18-9-14(2)5-8-17(15)18/h3-10H,11-12H2,1-2H3,(H,22,23,24). The average Bonchev–Trinajstić information content (AvgIpc) is 3.13. The lowest BCUT2D eigenvalue weighted by atomic mass is 10.1. The van der Waals surface area contributed by atoms with Gasteiger partial charge in [-0.2, -0.15) is 0 Å². The number of ether oxygens (including phenoxy) is 1. The molecular weight excluding hydrogens is 374 g/mol. The second-order valence-electron chi connectivity index (χ2n) is 6.55. The van der Waals surface area contributed by atoms with E-state index in [0.717, 1.165) is 22.3 Å². The van der Waals surface area contributed by atoms with E-state index in [2.05, 4.69) is 15.2 Å². The number of nitrogens with one attached hydrogen (secondary N) is 1. The summed E-state index contributed by atoms with van der Waals surface area (Å²) in [5.41, 5.74) is 3.38. The van der Waals surface area contributed by atoms with Crippen LogP contribution in [0.15, 0.2) is 62.9 Å². The molecule has 4 aromatic rings. The predicted molar refractivity (Wildman–Crippen MR) is 109 cm³/mol. The van der Waals surface area contributed by atoms with Gasteiger partial charge in [0.2, 0.25) is 5.16 Å². The van der Waals surface area contributed by atoms with Crippen molar-refractivity contribution in [1.82, 2.24) is 15.2 Å². The van der Waals surface area contributed by atoms with E-state index >= 15 is 0 Å². The number of H-pyrrole nitrogens is 1. The summed E-state index contributed by atoms with van der Waals surface area (Å²) < 4.78 is 11.0. The Balaban J connectivity index is 1.43. The van der Waals surface area contributed by atoms with Gasteiger partial charge in [0.05, 0.1) is 0 Å². The number of hydrogen-bond donors (Lipinski definition) is 1. The highest BCUT2D eigenvalue weighted by molar-refractivity contribution is 7.98. The molecule has 0 atom stereocenters. The van der Waals surface area contributed by atoms with Crippen molar-refractivity contribution in [3.63, 3.8) is 0 Å². The van der Waals surface area contributed by atoms with Crippen LogP contribution in [-0.4, -0.2) is 15.2 Å². The van der Waals surface area contributed by atoms with E-state index < -0.39 is 0 Å². The summed E-state index contributed by atoms with van der Waals surface area (Å²) in [4.78, 5) is 16.3. The third-order valence-corrected chi connectivity index (χ3v) is 5.15. The maximum atomic E-state index is 11.8. The van der Waals surface area contributed by atoms with E-state index in [0.29, 0.717) is 28.9 Å². The molecule has 0 saturated heterocycles. The van der Waals surface area contributed by atoms with Crippen LogP contribution in [0.4, 0.5) is 0 Å². The van der Waals surface area contributed by atoms with E-state index in [1.54, 1.807) is 0 Å². The molecule has 6 nitrogen and oxygen atoms in total. The van der Waals surface area contributed by atoms with Gasteiger partial charge in [-0.25, -0.2) is 9.78 Å². The molecule has 0 aliphatic carbocycles. The van der Waals surface area contributed by atoms with Gasteiger partial charge in [-0.1, -0.05) is 41.6 Å². The van der Waals surface area contributed by atoms with E-state index in [1.165, 1.54) is 23.4 Å². The third-order valence-electron chi connectivity index (χ3n) is 4.25. The number of fused-ring (bicyclic) bond motifs is 1. The summed E-state index contributed by atoms with van der Waals surface area (Å²) in [5.74, 6) is 2.01. The van der Waals surface area contributed by atoms with Crippen molar-refractivity contribution in [3.8, 4) is 5.75 Å². The van der Waals surface area contributed by atoms with E-state index in [1.807, 2.05) is 56.3 Å². The Morgan fingerprint density at radius 2 is 1.86 bits per heavy atom. The van der Waals surface area contributed by atoms with Crippen LogP contribution in [0.1, 0.15) is 22.5 Å². The van der Waals surface area contributed by atoms with Gasteiger partial charge >= 0.3 is 5.63 Å². The van der Waals surface area contributed by atoms with Gasteiger partial charge in [0.25, 0.3) is 0 Å². The molecule has 0 amide bonds. The lowest BCUT2D eigenvalue weighted by molar-refractivity contribution is 0.296. The first-order valence-corrected chi connectivity index (χ1v) is 9.82. The second kappa shape index (κ2) is 7.90. The van der Waals surface area contributed by atoms with Crippen LogP contribution in [0.3, 0.4) is 0 Å². The first-order valence-electron chi connectivity index (χ1n) is 8.84. The first kappa shape index (κ1) is 18.3. The Labute approximate surface area is 166 Å². The summed E-state index contributed by atoms with van der Waals surface area (Å²) in [7, 11) is 0. The van der Waals surface area contributed by atoms with Gasteiger partial charge < -0.3 is 9.15 Å². The lowest BCUT2D eigenvalue weighted by Crippen LogP contribution is -2.00. The highest BCUT2D eigenvalue weighted by Gasteiger charge is 2.09. The van der Waals surface area contributed by atoms with Gasteiger partial charge in [-0.05, 0) is 43.2 Å². The molecule has 7 heteroatoms. The van der Waals surface area contributed by atoms with Crippen LogP contribution >= 0.6 is 11.8 Å². The lowest BCUT2D eigenvalue weighted by Gasteiger charge is -2.04. The van der Waals surface area contributed by atoms with Gasteiger partial charge in [0, 0.05) is 17.2 Å². The van der Waals surface area contributed by atoms with Gasteiger partial charge in [0.15, 0.2) is 5.82 Å². The third kappa shape index (κ3) is 4.26. The summed E-state index contributed by atoms with van der Waals surface area (Å²) in [6.45, 7) is 4.31. The smallest absolute Gasteiger partial charge is 0.336 e. The van der Waals surface area contributed by atoms with Crippen LogP contribution < -0.4 is 10.4 Å². The fourth-order valence-corrected chi connectivity index (χ4v) is 3.60. The number of nitrogens with zero attached hydrogens (tertiary/aromatic N) is 2. The fraction of sp³-hybridized carbons (Fsp3) is 0.190. The van der Waals surface area contributed by atoms with Gasteiger partial charge in [-0.3, -0.25) is 5.10 Å². The molecule has 4 rings (SSSR count). The summed E-state index contributed by atoms with van der Waals surface area (Å²) in [6.07, 6.45) is 0. The molecule has 2 heterocycles. The topological polar surface area (TPSA) is 81.0 Å². The number of aryl methyl sites for hydroxylation is 2. The summed E-state index contributed by atoms with van der Waals surface area (Å²) in [5, 5.41) is 8.65.